The van der Waals surface area contributed by atoms with Crippen molar-refractivity contribution in [2.24, 2.45) is 5.14 Å². The lowest BCUT2D eigenvalue weighted by atomic mass is 10.00. The van der Waals surface area contributed by atoms with Gasteiger partial charge in [0.1, 0.15) is 5.82 Å². The lowest BCUT2D eigenvalue weighted by Crippen LogP contribution is -2.31. The minimum Gasteiger partial charge on any atom is -0.352 e. The van der Waals surface area contributed by atoms with Crippen molar-refractivity contribution in [1.29, 1.82) is 0 Å². The number of fused-ring (bicyclic) bond motifs is 1. The van der Waals surface area contributed by atoms with Gasteiger partial charge in [-0.1, -0.05) is 43.3 Å². The van der Waals surface area contributed by atoms with Gasteiger partial charge in [-0.25, -0.2) is 18.5 Å². The van der Waals surface area contributed by atoms with Gasteiger partial charge in [0.2, 0.25) is 16.0 Å². The molecule has 1 aliphatic heterocycles. The Hall–Kier alpha value is -2.97. The van der Waals surface area contributed by atoms with Crippen molar-refractivity contribution in [3.05, 3.63) is 77.0 Å². The average molecular weight is 424 g/mol. The van der Waals surface area contributed by atoms with Crippen LogP contribution >= 0.6 is 0 Å². The number of nitrogens with two attached hydrogens (primary N) is 1. The van der Waals surface area contributed by atoms with E-state index in [1.54, 1.807) is 12.1 Å². The minimum atomic E-state index is -3.72. The smallest absolute Gasteiger partial charge is 0.238 e. The highest BCUT2D eigenvalue weighted by Gasteiger charge is 2.21. The maximum absolute atomic E-state index is 11.7. The zero-order valence-electron chi connectivity index (χ0n) is 16.9. The molecule has 0 aliphatic carbocycles. The highest BCUT2D eigenvalue weighted by Crippen LogP contribution is 2.26. The number of sulfonamides is 1. The summed E-state index contributed by atoms with van der Waals surface area (Å²) in [4.78, 5) is 11.6. The van der Waals surface area contributed by atoms with Gasteiger partial charge in [0.25, 0.3) is 0 Å². The number of aromatic nitrogens is 2. The number of nitrogens with zero attached hydrogens (tertiary/aromatic N) is 3. The van der Waals surface area contributed by atoms with Crippen LogP contribution in [0.1, 0.15) is 29.3 Å². The second kappa shape index (κ2) is 8.41. The molecule has 4 rings (SSSR count). The van der Waals surface area contributed by atoms with E-state index < -0.39 is 10.0 Å². The van der Waals surface area contributed by atoms with Crippen LogP contribution in [0, 0.1) is 0 Å². The Bertz CT molecular complexity index is 1150. The normalized spacial score (nSPS) is 13.7. The van der Waals surface area contributed by atoms with Crippen LogP contribution in [0.4, 0.5) is 11.8 Å². The van der Waals surface area contributed by atoms with Crippen molar-refractivity contribution in [1.82, 2.24) is 9.97 Å². The molecule has 7 nitrogen and oxygen atoms in total. The predicted octanol–water partition coefficient (Wildman–Crippen LogP) is 2.86. The van der Waals surface area contributed by atoms with E-state index in [-0.39, 0.29) is 4.90 Å². The van der Waals surface area contributed by atoms with Gasteiger partial charge in [0, 0.05) is 31.4 Å². The summed E-state index contributed by atoms with van der Waals surface area (Å²) in [5, 5.41) is 8.62. The molecule has 0 amide bonds. The SMILES string of the molecule is CCc1cc(N2CCc3ccc(S(N)(=O)=O)cc3C2)nc(NCc2ccccc2)n1. The summed E-state index contributed by atoms with van der Waals surface area (Å²) in [5.74, 6) is 1.43. The number of rotatable bonds is 6. The van der Waals surface area contributed by atoms with Crippen molar-refractivity contribution < 1.29 is 8.42 Å². The molecule has 0 bridgehead atoms. The van der Waals surface area contributed by atoms with E-state index >= 15 is 0 Å². The van der Waals surface area contributed by atoms with E-state index in [2.05, 4.69) is 34.3 Å². The maximum atomic E-state index is 11.7. The molecule has 8 heteroatoms. The van der Waals surface area contributed by atoms with Crippen LogP contribution < -0.4 is 15.4 Å². The van der Waals surface area contributed by atoms with Gasteiger partial charge in [0.05, 0.1) is 4.90 Å². The Morgan fingerprint density at radius 3 is 2.60 bits per heavy atom. The lowest BCUT2D eigenvalue weighted by molar-refractivity contribution is 0.597. The van der Waals surface area contributed by atoms with Gasteiger partial charge >= 0.3 is 0 Å². The molecule has 0 atom stereocenters. The summed E-state index contributed by atoms with van der Waals surface area (Å²) < 4.78 is 23.4. The number of benzene rings is 2. The first-order valence-electron chi connectivity index (χ1n) is 9.97. The van der Waals surface area contributed by atoms with E-state index in [1.807, 2.05) is 30.3 Å². The molecule has 0 spiro atoms. The summed E-state index contributed by atoms with van der Waals surface area (Å²) in [5.41, 5.74) is 4.22. The van der Waals surface area contributed by atoms with Crippen LogP contribution in [0.3, 0.4) is 0 Å². The third kappa shape index (κ3) is 4.60. The van der Waals surface area contributed by atoms with Crippen LogP contribution in [-0.2, 0) is 36.0 Å². The number of hydrogen-bond acceptors (Lipinski definition) is 6. The van der Waals surface area contributed by atoms with Crippen molar-refractivity contribution >= 4 is 21.8 Å². The number of nitrogens with one attached hydrogen (secondary N) is 1. The quantitative estimate of drug-likeness (QED) is 0.632. The zero-order valence-corrected chi connectivity index (χ0v) is 17.7. The molecule has 2 aromatic carbocycles. The molecular formula is C22H25N5O2S. The number of primary sulfonamides is 1. The zero-order chi connectivity index (χ0) is 21.1. The van der Waals surface area contributed by atoms with E-state index in [0.29, 0.717) is 19.0 Å². The topological polar surface area (TPSA) is 101 Å². The molecule has 2 heterocycles. The lowest BCUT2D eigenvalue weighted by Gasteiger charge is -2.30. The third-order valence-corrected chi connectivity index (χ3v) is 6.17. The van der Waals surface area contributed by atoms with Gasteiger partial charge in [0.15, 0.2) is 0 Å². The minimum absolute atomic E-state index is 0.144. The van der Waals surface area contributed by atoms with Crippen molar-refractivity contribution in [2.45, 2.75) is 37.8 Å². The van der Waals surface area contributed by atoms with Crippen LogP contribution in [0.15, 0.2) is 59.5 Å². The van der Waals surface area contributed by atoms with Gasteiger partial charge in [-0.3, -0.25) is 0 Å². The first-order chi connectivity index (χ1) is 14.4. The fourth-order valence-electron chi connectivity index (χ4n) is 3.59. The molecule has 0 unspecified atom stereocenters. The monoisotopic (exact) mass is 423 g/mol. The maximum Gasteiger partial charge on any atom is 0.238 e. The molecule has 3 N–H and O–H groups in total. The Kier molecular flexibility index (Phi) is 5.69. The van der Waals surface area contributed by atoms with Crippen LogP contribution in [-0.4, -0.2) is 24.9 Å². The van der Waals surface area contributed by atoms with E-state index in [4.69, 9.17) is 10.1 Å². The average Bonchev–Trinajstić information content (AvgIpc) is 2.76. The number of aryl methyl sites for hydroxylation is 1. The van der Waals surface area contributed by atoms with Gasteiger partial charge < -0.3 is 10.2 Å². The number of hydrogen-bond donors (Lipinski definition) is 2. The highest BCUT2D eigenvalue weighted by atomic mass is 32.2. The summed E-state index contributed by atoms with van der Waals surface area (Å²) >= 11 is 0. The third-order valence-electron chi connectivity index (χ3n) is 5.26. The second-order valence-corrected chi connectivity index (χ2v) is 8.94. The van der Waals surface area contributed by atoms with Gasteiger partial charge in [-0.05, 0) is 41.7 Å². The van der Waals surface area contributed by atoms with Crippen LogP contribution in [0.25, 0.3) is 0 Å². The largest absolute Gasteiger partial charge is 0.352 e. The molecule has 3 aromatic rings. The first kappa shape index (κ1) is 20.3. The summed E-state index contributed by atoms with van der Waals surface area (Å²) in [7, 11) is -3.72. The molecule has 156 valence electrons. The summed E-state index contributed by atoms with van der Waals surface area (Å²) in [6.07, 6.45) is 1.62. The van der Waals surface area contributed by atoms with Crippen molar-refractivity contribution in [3.63, 3.8) is 0 Å². The molecule has 0 saturated heterocycles. The standard InChI is InChI=1S/C22H25N5O2S/c1-2-19-13-21(26-22(25-19)24-14-16-6-4-3-5-7-16)27-11-10-17-8-9-20(30(23,28)29)12-18(17)15-27/h3-9,12-13H,2,10-11,14-15H2,1H3,(H2,23,28,29)(H,24,25,26). The van der Waals surface area contributed by atoms with Gasteiger partial charge in [-0.2, -0.15) is 4.98 Å². The first-order valence-corrected chi connectivity index (χ1v) is 11.5. The molecular weight excluding hydrogens is 398 g/mol. The fourth-order valence-corrected chi connectivity index (χ4v) is 4.15. The van der Waals surface area contributed by atoms with Crippen molar-refractivity contribution in [2.75, 3.05) is 16.8 Å². The molecule has 1 aromatic heterocycles. The van der Waals surface area contributed by atoms with Gasteiger partial charge in [-0.15, -0.1) is 0 Å². The summed E-state index contributed by atoms with van der Waals surface area (Å²) in [6.45, 7) is 4.10. The Morgan fingerprint density at radius 2 is 1.87 bits per heavy atom. The predicted molar refractivity (Wildman–Crippen MR) is 118 cm³/mol. The Labute approximate surface area is 177 Å². The Balaban J connectivity index is 1.58. The molecule has 1 aliphatic rings. The van der Waals surface area contributed by atoms with Crippen LogP contribution in [0.2, 0.25) is 0 Å². The Morgan fingerprint density at radius 1 is 1.07 bits per heavy atom. The fraction of sp³-hybridized carbons (Fsp3) is 0.273. The van der Waals surface area contributed by atoms with Crippen molar-refractivity contribution in [3.8, 4) is 0 Å². The van der Waals surface area contributed by atoms with Crippen LogP contribution in [0.5, 0.6) is 0 Å². The molecule has 30 heavy (non-hydrogen) atoms. The van der Waals surface area contributed by atoms with E-state index in [0.717, 1.165) is 47.6 Å². The highest BCUT2D eigenvalue weighted by molar-refractivity contribution is 7.89. The van der Waals surface area contributed by atoms with E-state index in [1.165, 1.54) is 0 Å². The molecule has 0 fully saturated rings. The van der Waals surface area contributed by atoms with E-state index in [9.17, 15) is 8.42 Å². The summed E-state index contributed by atoms with van der Waals surface area (Å²) in [6, 6.07) is 17.2. The number of anilines is 2. The molecule has 0 radical (unpaired) electrons. The second-order valence-electron chi connectivity index (χ2n) is 7.38. The molecule has 0 saturated carbocycles.